The number of nitrogens with zero attached hydrogens (tertiary/aromatic N) is 3. The Morgan fingerprint density at radius 3 is 2.73 bits per heavy atom. The molecule has 1 amide bonds. The Bertz CT molecular complexity index is 791. The van der Waals surface area contributed by atoms with Gasteiger partial charge in [0.1, 0.15) is 11.0 Å². The number of ether oxygens (including phenoxy) is 1. The summed E-state index contributed by atoms with van der Waals surface area (Å²) in [5, 5.41) is 6.11. The SMILES string of the molecule is CC1CN(CC2CCCN2CC(=O)NC(c2ccccc2)c2nccs2)CC(C)O1. The summed E-state index contributed by atoms with van der Waals surface area (Å²) in [5.74, 6) is 0.0645. The second kappa shape index (κ2) is 10.0. The first kappa shape index (κ1) is 21.4. The summed E-state index contributed by atoms with van der Waals surface area (Å²) in [6, 6.07) is 10.3. The molecule has 0 radical (unpaired) electrons. The normalized spacial score (nSPS) is 26.5. The zero-order valence-corrected chi connectivity index (χ0v) is 18.7. The molecule has 7 heteroatoms. The minimum absolute atomic E-state index is 0.0645. The third kappa shape index (κ3) is 5.46. The summed E-state index contributed by atoms with van der Waals surface area (Å²) in [6.07, 6.45) is 4.65. The number of benzene rings is 1. The molecule has 4 atom stereocenters. The molecule has 2 saturated heterocycles. The van der Waals surface area contributed by atoms with Crippen LogP contribution in [-0.4, -0.2) is 71.7 Å². The van der Waals surface area contributed by atoms with Gasteiger partial charge >= 0.3 is 0 Å². The monoisotopic (exact) mass is 428 g/mol. The number of carbonyl (C=O) groups excluding carboxylic acids is 1. The van der Waals surface area contributed by atoms with Crippen LogP contribution in [0.5, 0.6) is 0 Å². The zero-order valence-electron chi connectivity index (χ0n) is 17.9. The van der Waals surface area contributed by atoms with Gasteiger partial charge in [0.05, 0.1) is 18.8 Å². The third-order valence-electron chi connectivity index (χ3n) is 5.95. The van der Waals surface area contributed by atoms with Crippen molar-refractivity contribution in [3.63, 3.8) is 0 Å². The number of amides is 1. The molecule has 0 saturated carbocycles. The lowest BCUT2D eigenvalue weighted by molar-refractivity contribution is -0.123. The van der Waals surface area contributed by atoms with Gasteiger partial charge < -0.3 is 10.1 Å². The predicted octanol–water partition coefficient (Wildman–Crippen LogP) is 2.92. The Kier molecular flexibility index (Phi) is 7.15. The third-order valence-corrected chi connectivity index (χ3v) is 6.79. The average Bonchev–Trinajstić information content (AvgIpc) is 3.39. The molecule has 2 aliphatic rings. The summed E-state index contributed by atoms with van der Waals surface area (Å²) >= 11 is 1.58. The number of morpholine rings is 1. The number of hydrogen-bond acceptors (Lipinski definition) is 6. The van der Waals surface area contributed by atoms with E-state index in [9.17, 15) is 4.79 Å². The van der Waals surface area contributed by atoms with E-state index in [1.165, 1.54) is 0 Å². The van der Waals surface area contributed by atoms with Crippen molar-refractivity contribution in [1.29, 1.82) is 0 Å². The summed E-state index contributed by atoms with van der Waals surface area (Å²) in [5.41, 5.74) is 1.06. The number of carbonyl (C=O) groups is 1. The van der Waals surface area contributed by atoms with Crippen LogP contribution in [0, 0.1) is 0 Å². The van der Waals surface area contributed by atoms with Crippen molar-refractivity contribution in [2.45, 2.75) is 51.0 Å². The minimum Gasteiger partial charge on any atom is -0.373 e. The molecule has 0 aliphatic carbocycles. The van der Waals surface area contributed by atoms with Gasteiger partial charge in [-0.25, -0.2) is 4.98 Å². The maximum Gasteiger partial charge on any atom is 0.235 e. The highest BCUT2D eigenvalue weighted by Gasteiger charge is 2.31. The standard InChI is InChI=1S/C23H32N4O2S/c1-17-13-26(14-18(2)29-17)15-20-9-6-11-27(20)16-21(28)25-22(23-24-10-12-30-23)19-7-4-3-5-8-19/h3-5,7-8,10,12,17-18,20,22H,6,9,11,13-16H2,1-2H3,(H,25,28). The van der Waals surface area contributed by atoms with Crippen molar-refractivity contribution in [3.05, 3.63) is 52.5 Å². The number of hydrogen-bond donors (Lipinski definition) is 1. The first-order valence-electron chi connectivity index (χ1n) is 10.9. The Morgan fingerprint density at radius 1 is 1.27 bits per heavy atom. The van der Waals surface area contributed by atoms with Crippen LogP contribution in [0.1, 0.15) is 43.3 Å². The molecule has 30 heavy (non-hydrogen) atoms. The molecule has 1 aromatic carbocycles. The molecule has 6 nitrogen and oxygen atoms in total. The van der Waals surface area contributed by atoms with Crippen molar-refractivity contribution in [2.75, 3.05) is 32.7 Å². The molecular formula is C23H32N4O2S. The maximum absolute atomic E-state index is 13.0. The molecule has 2 aromatic rings. The highest BCUT2D eigenvalue weighted by Crippen LogP contribution is 2.24. The van der Waals surface area contributed by atoms with Crippen LogP contribution < -0.4 is 5.32 Å². The average molecular weight is 429 g/mol. The lowest BCUT2D eigenvalue weighted by atomic mass is 10.1. The Balaban J connectivity index is 1.37. The second-order valence-electron chi connectivity index (χ2n) is 8.52. The lowest BCUT2D eigenvalue weighted by Gasteiger charge is -2.38. The topological polar surface area (TPSA) is 57.7 Å². The fourth-order valence-electron chi connectivity index (χ4n) is 4.74. The van der Waals surface area contributed by atoms with Gasteiger partial charge in [-0.05, 0) is 38.8 Å². The van der Waals surface area contributed by atoms with Gasteiger partial charge in [-0.3, -0.25) is 14.6 Å². The molecule has 1 N–H and O–H groups in total. The molecular weight excluding hydrogens is 396 g/mol. The highest BCUT2D eigenvalue weighted by atomic mass is 32.1. The molecule has 4 rings (SSSR count). The summed E-state index contributed by atoms with van der Waals surface area (Å²) in [4.78, 5) is 22.3. The number of rotatable bonds is 7. The van der Waals surface area contributed by atoms with Crippen LogP contribution in [0.2, 0.25) is 0 Å². The Labute approximate surface area is 183 Å². The van der Waals surface area contributed by atoms with E-state index in [2.05, 4.69) is 33.9 Å². The smallest absolute Gasteiger partial charge is 0.235 e. The van der Waals surface area contributed by atoms with Crippen molar-refractivity contribution < 1.29 is 9.53 Å². The summed E-state index contributed by atoms with van der Waals surface area (Å²) < 4.78 is 5.87. The number of thiazole rings is 1. The van der Waals surface area contributed by atoms with Gasteiger partial charge in [-0.2, -0.15) is 0 Å². The second-order valence-corrected chi connectivity index (χ2v) is 9.45. The Morgan fingerprint density at radius 2 is 2.03 bits per heavy atom. The van der Waals surface area contributed by atoms with E-state index >= 15 is 0 Å². The molecule has 2 aliphatic heterocycles. The van der Waals surface area contributed by atoms with Crippen LogP contribution in [0.15, 0.2) is 41.9 Å². The van der Waals surface area contributed by atoms with Gasteiger partial charge in [0.25, 0.3) is 0 Å². The first-order valence-corrected chi connectivity index (χ1v) is 11.8. The molecule has 0 bridgehead atoms. The van der Waals surface area contributed by atoms with E-state index in [1.807, 2.05) is 35.7 Å². The molecule has 1 aromatic heterocycles. The minimum atomic E-state index is -0.194. The Hall–Kier alpha value is -1.80. The van der Waals surface area contributed by atoms with Crippen LogP contribution in [0.25, 0.3) is 0 Å². The van der Waals surface area contributed by atoms with Crippen LogP contribution in [0.3, 0.4) is 0 Å². The highest BCUT2D eigenvalue weighted by molar-refractivity contribution is 7.09. The number of nitrogens with one attached hydrogen (secondary N) is 1. The fourth-order valence-corrected chi connectivity index (χ4v) is 5.46. The molecule has 4 unspecified atom stereocenters. The molecule has 3 heterocycles. The molecule has 2 fully saturated rings. The van der Waals surface area contributed by atoms with Crippen molar-refractivity contribution in [1.82, 2.24) is 20.1 Å². The van der Waals surface area contributed by atoms with Crippen molar-refractivity contribution >= 4 is 17.2 Å². The summed E-state index contributed by atoms with van der Waals surface area (Å²) in [6.45, 7) is 8.67. The fraction of sp³-hybridized carbons (Fsp3) is 0.565. The number of aromatic nitrogens is 1. The quantitative estimate of drug-likeness (QED) is 0.735. The van der Waals surface area contributed by atoms with Gasteiger partial charge in [0, 0.05) is 37.3 Å². The maximum atomic E-state index is 13.0. The number of likely N-dealkylation sites (tertiary alicyclic amines) is 1. The largest absolute Gasteiger partial charge is 0.373 e. The van der Waals surface area contributed by atoms with Crippen LogP contribution >= 0.6 is 11.3 Å². The van der Waals surface area contributed by atoms with Gasteiger partial charge in [0.15, 0.2) is 0 Å². The zero-order chi connectivity index (χ0) is 20.9. The molecule has 0 spiro atoms. The van der Waals surface area contributed by atoms with E-state index in [1.54, 1.807) is 17.5 Å². The first-order chi connectivity index (χ1) is 14.6. The van der Waals surface area contributed by atoms with Crippen molar-refractivity contribution in [3.8, 4) is 0 Å². The van der Waals surface area contributed by atoms with Crippen LogP contribution in [-0.2, 0) is 9.53 Å². The lowest BCUT2D eigenvalue weighted by Crippen LogP contribution is -2.51. The van der Waals surface area contributed by atoms with E-state index in [4.69, 9.17) is 4.74 Å². The van der Waals surface area contributed by atoms with E-state index in [-0.39, 0.29) is 24.2 Å². The summed E-state index contributed by atoms with van der Waals surface area (Å²) in [7, 11) is 0. The van der Waals surface area contributed by atoms with E-state index in [0.29, 0.717) is 12.6 Å². The van der Waals surface area contributed by atoms with E-state index in [0.717, 1.165) is 49.6 Å². The van der Waals surface area contributed by atoms with Crippen molar-refractivity contribution in [2.24, 2.45) is 0 Å². The van der Waals surface area contributed by atoms with Crippen LogP contribution in [0.4, 0.5) is 0 Å². The van der Waals surface area contributed by atoms with Gasteiger partial charge in [-0.15, -0.1) is 11.3 Å². The molecule has 162 valence electrons. The predicted molar refractivity (Wildman–Crippen MR) is 120 cm³/mol. The van der Waals surface area contributed by atoms with E-state index < -0.39 is 0 Å². The van der Waals surface area contributed by atoms with Gasteiger partial charge in [-0.1, -0.05) is 30.3 Å². The van der Waals surface area contributed by atoms with Gasteiger partial charge in [0.2, 0.25) is 5.91 Å².